The molecule has 0 unspecified atom stereocenters. The fraction of sp³-hybridized carbons (Fsp3) is 1.00. The van der Waals surface area contributed by atoms with Gasteiger partial charge < -0.3 is 4.74 Å². The molecule has 2 rings (SSSR count). The summed E-state index contributed by atoms with van der Waals surface area (Å²) in [6.45, 7) is 1.03. The number of ether oxygens (including phenoxy) is 1. The lowest BCUT2D eigenvalue weighted by molar-refractivity contribution is -0.0649. The van der Waals surface area contributed by atoms with Gasteiger partial charge in [0, 0.05) is 6.61 Å². The molecule has 11 heavy (non-hydrogen) atoms. The minimum Gasteiger partial charge on any atom is -0.378 e. The molecule has 0 aromatic heterocycles. The first-order chi connectivity index (χ1) is 5.45. The molecule has 0 spiro atoms. The van der Waals surface area contributed by atoms with Crippen molar-refractivity contribution in [3.05, 3.63) is 0 Å². The molecule has 1 saturated carbocycles. The fourth-order valence-corrected chi connectivity index (χ4v) is 2.27. The maximum Gasteiger partial charge on any atom is 0.0599 e. The quantitative estimate of drug-likeness (QED) is 0.594. The summed E-state index contributed by atoms with van der Waals surface area (Å²) in [5.41, 5.74) is 0. The third kappa shape index (κ3) is 1.96. The maximum absolute atomic E-state index is 5.43. The van der Waals surface area contributed by atoms with E-state index in [9.17, 15) is 0 Å². The Balaban J connectivity index is 1.67. The van der Waals surface area contributed by atoms with Crippen LogP contribution in [0.25, 0.3) is 0 Å². The Morgan fingerprint density at radius 2 is 1.73 bits per heavy atom. The van der Waals surface area contributed by atoms with E-state index in [4.69, 9.17) is 4.74 Å². The number of rotatable bonds is 2. The molecule has 0 N–H and O–H groups in total. The van der Waals surface area contributed by atoms with E-state index in [1.54, 1.807) is 0 Å². The summed E-state index contributed by atoms with van der Waals surface area (Å²) >= 11 is 0. The van der Waals surface area contributed by atoms with Gasteiger partial charge in [0.1, 0.15) is 0 Å². The van der Waals surface area contributed by atoms with E-state index in [0.29, 0.717) is 6.10 Å². The van der Waals surface area contributed by atoms with E-state index < -0.39 is 0 Å². The van der Waals surface area contributed by atoms with Gasteiger partial charge in [0.05, 0.1) is 6.10 Å². The number of hydrogen-bond donors (Lipinski definition) is 0. The molecule has 2 aliphatic rings. The second-order valence-electron chi connectivity index (χ2n) is 4.02. The van der Waals surface area contributed by atoms with Crippen molar-refractivity contribution < 1.29 is 4.74 Å². The molecule has 2 fully saturated rings. The van der Waals surface area contributed by atoms with Crippen LogP contribution in [0.15, 0.2) is 0 Å². The van der Waals surface area contributed by atoms with Crippen LogP contribution in [0.5, 0.6) is 0 Å². The van der Waals surface area contributed by atoms with Gasteiger partial charge in [-0.25, -0.2) is 0 Å². The first kappa shape index (κ1) is 7.60. The molecule has 1 aliphatic carbocycles. The molecule has 1 aliphatic heterocycles. The predicted octanol–water partition coefficient (Wildman–Crippen LogP) is 2.75. The molecule has 64 valence electrons. The lowest BCUT2D eigenvalue weighted by Gasteiger charge is -2.31. The van der Waals surface area contributed by atoms with Crippen LogP contribution in [0.3, 0.4) is 0 Å². The lowest BCUT2D eigenvalue weighted by atomic mass is 9.84. The largest absolute Gasteiger partial charge is 0.378 e. The van der Waals surface area contributed by atoms with Crippen molar-refractivity contribution in [1.82, 2.24) is 0 Å². The molecule has 0 bridgehead atoms. The highest BCUT2D eigenvalue weighted by atomic mass is 16.5. The first-order valence-corrected chi connectivity index (χ1v) is 5.07. The lowest BCUT2D eigenvalue weighted by Crippen LogP contribution is -2.29. The van der Waals surface area contributed by atoms with Crippen LogP contribution in [-0.4, -0.2) is 12.7 Å². The van der Waals surface area contributed by atoms with Gasteiger partial charge in [-0.05, 0) is 18.8 Å². The first-order valence-electron chi connectivity index (χ1n) is 5.07. The van der Waals surface area contributed by atoms with E-state index in [1.165, 1.54) is 44.9 Å². The molecule has 1 heteroatoms. The minimum atomic E-state index is 0.651. The van der Waals surface area contributed by atoms with Crippen molar-refractivity contribution in [3.63, 3.8) is 0 Å². The summed E-state index contributed by atoms with van der Waals surface area (Å²) in [4.78, 5) is 0. The molecule has 0 aromatic carbocycles. The summed E-state index contributed by atoms with van der Waals surface area (Å²) in [7, 11) is 0. The van der Waals surface area contributed by atoms with E-state index in [1.807, 2.05) is 0 Å². The standard InChI is InChI=1S/C10H18O/c1-2-4-9(5-3-1)8-10-6-7-11-10/h9-10H,1-8H2/t10-/m0/s1. The Morgan fingerprint density at radius 1 is 1.00 bits per heavy atom. The Kier molecular flexibility index (Phi) is 2.47. The summed E-state index contributed by atoms with van der Waals surface area (Å²) in [6, 6.07) is 0. The summed E-state index contributed by atoms with van der Waals surface area (Å²) in [5.74, 6) is 1.01. The Labute approximate surface area is 69.1 Å². The molecular formula is C10H18O. The molecule has 1 nitrogen and oxygen atoms in total. The average molecular weight is 154 g/mol. The van der Waals surface area contributed by atoms with E-state index in [-0.39, 0.29) is 0 Å². The summed E-state index contributed by atoms with van der Waals surface area (Å²) in [6.07, 6.45) is 10.7. The highest BCUT2D eigenvalue weighted by Crippen LogP contribution is 2.30. The van der Waals surface area contributed by atoms with Gasteiger partial charge in [-0.15, -0.1) is 0 Å². The van der Waals surface area contributed by atoms with Crippen molar-refractivity contribution in [1.29, 1.82) is 0 Å². The van der Waals surface area contributed by atoms with Crippen molar-refractivity contribution in [2.24, 2.45) is 5.92 Å². The zero-order valence-electron chi connectivity index (χ0n) is 7.22. The molecule has 1 heterocycles. The topological polar surface area (TPSA) is 9.23 Å². The zero-order chi connectivity index (χ0) is 7.52. The van der Waals surface area contributed by atoms with Gasteiger partial charge in [-0.3, -0.25) is 0 Å². The van der Waals surface area contributed by atoms with Gasteiger partial charge in [0.2, 0.25) is 0 Å². The second-order valence-corrected chi connectivity index (χ2v) is 4.02. The normalized spacial score (nSPS) is 33.3. The van der Waals surface area contributed by atoms with Gasteiger partial charge >= 0.3 is 0 Å². The van der Waals surface area contributed by atoms with E-state index in [0.717, 1.165) is 12.5 Å². The van der Waals surface area contributed by atoms with Crippen LogP contribution in [0.1, 0.15) is 44.9 Å². The van der Waals surface area contributed by atoms with E-state index >= 15 is 0 Å². The van der Waals surface area contributed by atoms with Crippen molar-refractivity contribution in [3.8, 4) is 0 Å². The Hall–Kier alpha value is -0.0400. The minimum absolute atomic E-state index is 0.651. The van der Waals surface area contributed by atoms with Crippen LogP contribution in [0, 0.1) is 5.92 Å². The Bertz CT molecular complexity index is 112. The van der Waals surface area contributed by atoms with Gasteiger partial charge in [0.15, 0.2) is 0 Å². The molecule has 0 amide bonds. The third-order valence-corrected chi connectivity index (χ3v) is 3.11. The molecule has 0 aromatic rings. The van der Waals surface area contributed by atoms with Crippen LogP contribution in [0.4, 0.5) is 0 Å². The van der Waals surface area contributed by atoms with Crippen molar-refractivity contribution >= 4 is 0 Å². The van der Waals surface area contributed by atoms with Crippen LogP contribution in [-0.2, 0) is 4.74 Å². The zero-order valence-corrected chi connectivity index (χ0v) is 7.22. The molecule has 1 atom stereocenters. The molecule has 0 radical (unpaired) electrons. The van der Waals surface area contributed by atoms with Gasteiger partial charge in [0.25, 0.3) is 0 Å². The summed E-state index contributed by atoms with van der Waals surface area (Å²) < 4.78 is 5.43. The van der Waals surface area contributed by atoms with E-state index in [2.05, 4.69) is 0 Å². The SMILES string of the molecule is C1CCC(C[C@@H]2CCO2)CC1. The average Bonchev–Trinajstić information content (AvgIpc) is 1.99. The van der Waals surface area contributed by atoms with Crippen LogP contribution >= 0.6 is 0 Å². The number of hydrogen-bond acceptors (Lipinski definition) is 1. The monoisotopic (exact) mass is 154 g/mol. The molecular weight excluding hydrogens is 136 g/mol. The fourth-order valence-electron chi connectivity index (χ4n) is 2.27. The predicted molar refractivity (Wildman–Crippen MR) is 45.5 cm³/mol. The van der Waals surface area contributed by atoms with Gasteiger partial charge in [-0.2, -0.15) is 0 Å². The smallest absolute Gasteiger partial charge is 0.0599 e. The highest BCUT2D eigenvalue weighted by molar-refractivity contribution is 4.74. The third-order valence-electron chi connectivity index (χ3n) is 3.11. The van der Waals surface area contributed by atoms with Gasteiger partial charge in [-0.1, -0.05) is 32.1 Å². The molecule has 1 saturated heterocycles. The second kappa shape index (κ2) is 3.57. The van der Waals surface area contributed by atoms with Crippen LogP contribution < -0.4 is 0 Å². The maximum atomic E-state index is 5.43. The van der Waals surface area contributed by atoms with Crippen LogP contribution in [0.2, 0.25) is 0 Å². The highest BCUT2D eigenvalue weighted by Gasteiger charge is 2.23. The van der Waals surface area contributed by atoms with Crippen molar-refractivity contribution in [2.75, 3.05) is 6.61 Å². The van der Waals surface area contributed by atoms with Crippen molar-refractivity contribution in [2.45, 2.75) is 51.0 Å². The Morgan fingerprint density at radius 3 is 2.27 bits per heavy atom. The summed E-state index contributed by atoms with van der Waals surface area (Å²) in [5, 5.41) is 0.